The Morgan fingerprint density at radius 3 is 2.71 bits per heavy atom. The summed E-state index contributed by atoms with van der Waals surface area (Å²) in [5.41, 5.74) is 3.88. The molecule has 1 saturated heterocycles. The average Bonchev–Trinajstić information content (AvgIpc) is 3.06. The number of carbonyl (C=O) groups is 2. The van der Waals surface area contributed by atoms with Crippen LogP contribution in [0, 0.1) is 0 Å². The molecule has 24 heavy (non-hydrogen) atoms. The van der Waals surface area contributed by atoms with E-state index in [4.69, 9.17) is 12.2 Å². The van der Waals surface area contributed by atoms with Gasteiger partial charge in [0.05, 0.1) is 10.5 Å². The molecule has 0 saturated carbocycles. The number of aromatic nitrogens is 1. The third-order valence-corrected chi connectivity index (χ3v) is 5.38. The number of thioether (sulfide) groups is 1. The standard InChI is InChI=1S/C16H12BrN3O2S2/c1-19-8-4-5-10(19)9-13-15(22)20(16(23)24-13)18-14(21)11-6-2-3-7-12(11)17/h2-9H,1H3,(H,18,21). The molecule has 8 heteroatoms. The number of hydrogen-bond donors (Lipinski definition) is 1. The topological polar surface area (TPSA) is 54.3 Å². The van der Waals surface area contributed by atoms with Crippen LogP contribution in [0.3, 0.4) is 0 Å². The minimum Gasteiger partial charge on any atom is -0.351 e. The molecule has 1 fully saturated rings. The third kappa shape index (κ3) is 3.31. The number of rotatable bonds is 3. The Labute approximate surface area is 156 Å². The summed E-state index contributed by atoms with van der Waals surface area (Å²) >= 11 is 9.70. The summed E-state index contributed by atoms with van der Waals surface area (Å²) in [5.74, 6) is -0.745. The lowest BCUT2D eigenvalue weighted by Crippen LogP contribution is -2.44. The summed E-state index contributed by atoms with van der Waals surface area (Å²) in [6.45, 7) is 0. The van der Waals surface area contributed by atoms with Gasteiger partial charge in [0.1, 0.15) is 0 Å². The molecule has 1 aliphatic heterocycles. The monoisotopic (exact) mass is 421 g/mol. The summed E-state index contributed by atoms with van der Waals surface area (Å²) in [7, 11) is 1.89. The van der Waals surface area contributed by atoms with Crippen molar-refractivity contribution in [3.05, 3.63) is 63.2 Å². The largest absolute Gasteiger partial charge is 0.351 e. The van der Waals surface area contributed by atoms with Gasteiger partial charge in [-0.1, -0.05) is 23.9 Å². The van der Waals surface area contributed by atoms with Crippen molar-refractivity contribution >= 4 is 62.1 Å². The lowest BCUT2D eigenvalue weighted by Gasteiger charge is -2.16. The Balaban J connectivity index is 1.80. The molecule has 0 bridgehead atoms. The fourth-order valence-corrected chi connectivity index (χ4v) is 3.76. The highest BCUT2D eigenvalue weighted by Crippen LogP contribution is 2.31. The number of carbonyl (C=O) groups excluding carboxylic acids is 2. The summed E-state index contributed by atoms with van der Waals surface area (Å²) in [6.07, 6.45) is 3.64. The molecule has 2 aromatic rings. The minimum absolute atomic E-state index is 0.292. The van der Waals surface area contributed by atoms with E-state index in [2.05, 4.69) is 21.4 Å². The van der Waals surface area contributed by atoms with E-state index in [9.17, 15) is 9.59 Å². The van der Waals surface area contributed by atoms with E-state index in [1.807, 2.05) is 36.0 Å². The number of hydrazine groups is 1. The van der Waals surface area contributed by atoms with Crippen LogP contribution < -0.4 is 5.43 Å². The van der Waals surface area contributed by atoms with Crippen molar-refractivity contribution in [2.75, 3.05) is 0 Å². The smallest absolute Gasteiger partial charge is 0.285 e. The van der Waals surface area contributed by atoms with Gasteiger partial charge in [-0.3, -0.25) is 15.0 Å². The predicted molar refractivity (Wildman–Crippen MR) is 102 cm³/mol. The van der Waals surface area contributed by atoms with E-state index in [1.165, 1.54) is 0 Å². The Bertz CT molecular complexity index is 876. The van der Waals surface area contributed by atoms with Crippen molar-refractivity contribution in [1.29, 1.82) is 0 Å². The van der Waals surface area contributed by atoms with Crippen molar-refractivity contribution < 1.29 is 9.59 Å². The molecule has 1 aliphatic rings. The summed E-state index contributed by atoms with van der Waals surface area (Å²) in [6, 6.07) is 10.8. The molecule has 1 aromatic carbocycles. The normalized spacial score (nSPS) is 16.1. The predicted octanol–water partition coefficient (Wildman–Crippen LogP) is 3.33. The van der Waals surface area contributed by atoms with Crippen LogP contribution in [0.1, 0.15) is 16.1 Å². The van der Waals surface area contributed by atoms with E-state index in [1.54, 1.807) is 24.3 Å². The van der Waals surface area contributed by atoms with Crippen LogP contribution in [0.2, 0.25) is 0 Å². The quantitative estimate of drug-likeness (QED) is 0.609. The molecule has 122 valence electrons. The lowest BCUT2D eigenvalue weighted by atomic mass is 10.2. The van der Waals surface area contributed by atoms with Crippen molar-refractivity contribution in [1.82, 2.24) is 15.0 Å². The van der Waals surface area contributed by atoms with Crippen molar-refractivity contribution in [3.63, 3.8) is 0 Å². The molecule has 0 aliphatic carbocycles. The van der Waals surface area contributed by atoms with Gasteiger partial charge >= 0.3 is 0 Å². The highest BCUT2D eigenvalue weighted by atomic mass is 79.9. The van der Waals surface area contributed by atoms with Gasteiger partial charge in [-0.25, -0.2) is 0 Å². The van der Waals surface area contributed by atoms with Crippen molar-refractivity contribution in [2.45, 2.75) is 0 Å². The molecule has 0 radical (unpaired) electrons. The average molecular weight is 422 g/mol. The van der Waals surface area contributed by atoms with Crippen LogP contribution in [0.25, 0.3) is 6.08 Å². The molecular weight excluding hydrogens is 410 g/mol. The number of halogens is 1. The van der Waals surface area contributed by atoms with Crippen LogP contribution in [-0.2, 0) is 11.8 Å². The third-order valence-electron chi connectivity index (χ3n) is 3.39. The second kappa shape index (κ2) is 6.92. The first-order valence-corrected chi connectivity index (χ1v) is 8.94. The van der Waals surface area contributed by atoms with E-state index in [0.717, 1.165) is 22.5 Å². The second-order valence-electron chi connectivity index (χ2n) is 4.98. The molecule has 2 heterocycles. The molecule has 1 N–H and O–H groups in total. The zero-order chi connectivity index (χ0) is 17.3. The number of nitrogens with zero attached hydrogens (tertiary/aromatic N) is 2. The van der Waals surface area contributed by atoms with Gasteiger partial charge < -0.3 is 4.57 Å². The van der Waals surface area contributed by atoms with Crippen LogP contribution in [0.5, 0.6) is 0 Å². The summed E-state index contributed by atoms with van der Waals surface area (Å²) in [4.78, 5) is 25.3. The maximum absolute atomic E-state index is 12.5. The van der Waals surface area contributed by atoms with Crippen LogP contribution >= 0.6 is 39.9 Å². The SMILES string of the molecule is Cn1cccc1C=C1SC(=S)N(NC(=O)c2ccccc2Br)C1=O. The molecule has 0 unspecified atom stereocenters. The first-order valence-electron chi connectivity index (χ1n) is 6.92. The zero-order valence-corrected chi connectivity index (χ0v) is 15.7. The number of hydrogen-bond acceptors (Lipinski definition) is 4. The van der Waals surface area contributed by atoms with Crippen LogP contribution in [0.15, 0.2) is 52.0 Å². The van der Waals surface area contributed by atoms with Gasteiger partial charge in [0.15, 0.2) is 4.32 Å². The number of thiocarbonyl (C=S) groups is 1. The molecule has 2 amide bonds. The Hall–Kier alpha value is -1.90. The van der Waals surface area contributed by atoms with Gasteiger partial charge in [-0.15, -0.1) is 0 Å². The highest BCUT2D eigenvalue weighted by Gasteiger charge is 2.34. The lowest BCUT2D eigenvalue weighted by molar-refractivity contribution is -0.123. The Morgan fingerprint density at radius 2 is 2.04 bits per heavy atom. The Kier molecular flexibility index (Phi) is 4.88. The highest BCUT2D eigenvalue weighted by molar-refractivity contribution is 9.10. The maximum atomic E-state index is 12.5. The second-order valence-corrected chi connectivity index (χ2v) is 7.51. The molecule has 5 nitrogen and oxygen atoms in total. The van der Waals surface area contributed by atoms with Crippen molar-refractivity contribution in [2.24, 2.45) is 7.05 Å². The number of aryl methyl sites for hydroxylation is 1. The van der Waals surface area contributed by atoms with E-state index < -0.39 is 5.91 Å². The van der Waals surface area contributed by atoms with Gasteiger partial charge in [0.25, 0.3) is 11.8 Å². The Morgan fingerprint density at radius 1 is 1.29 bits per heavy atom. The van der Waals surface area contributed by atoms with Crippen molar-refractivity contribution in [3.8, 4) is 0 Å². The molecule has 1 aromatic heterocycles. The number of nitrogens with one attached hydrogen (secondary N) is 1. The van der Waals surface area contributed by atoms with Gasteiger partial charge in [0, 0.05) is 23.4 Å². The summed E-state index contributed by atoms with van der Waals surface area (Å²) in [5, 5.41) is 1.11. The van der Waals surface area contributed by atoms with Gasteiger partial charge in [-0.2, -0.15) is 5.01 Å². The van der Waals surface area contributed by atoms with E-state index in [0.29, 0.717) is 19.3 Å². The fourth-order valence-electron chi connectivity index (χ4n) is 2.13. The number of benzene rings is 1. The van der Waals surface area contributed by atoms with Gasteiger partial charge in [-0.05, 0) is 58.5 Å². The molecule has 0 spiro atoms. The van der Waals surface area contributed by atoms with E-state index >= 15 is 0 Å². The molecule has 0 atom stereocenters. The molecular formula is C16H12BrN3O2S2. The van der Waals surface area contributed by atoms with E-state index in [-0.39, 0.29) is 5.91 Å². The van der Waals surface area contributed by atoms with Gasteiger partial charge in [0.2, 0.25) is 0 Å². The zero-order valence-electron chi connectivity index (χ0n) is 12.5. The summed E-state index contributed by atoms with van der Waals surface area (Å²) < 4.78 is 2.83. The maximum Gasteiger partial charge on any atom is 0.285 e. The first-order chi connectivity index (χ1) is 11.5. The van der Waals surface area contributed by atoms with Crippen LogP contribution in [-0.4, -0.2) is 25.7 Å². The first kappa shape index (κ1) is 16.9. The van der Waals surface area contributed by atoms with Crippen LogP contribution in [0.4, 0.5) is 0 Å². The minimum atomic E-state index is -0.404. The fraction of sp³-hybridized carbons (Fsp3) is 0.0625. The molecule has 3 rings (SSSR count). The number of amides is 2.